The van der Waals surface area contributed by atoms with E-state index in [9.17, 15) is 0 Å². The average molecular weight is 654 g/mol. The lowest BCUT2D eigenvalue weighted by molar-refractivity contribution is 2.01. The molecule has 0 saturated heterocycles. The molecule has 0 spiro atoms. The number of rotatable bonds is 0. The summed E-state index contributed by atoms with van der Waals surface area (Å²) in [4.78, 5) is 0. The number of halogens is 2. The Morgan fingerprint density at radius 3 is 1.21 bits per heavy atom. The molecule has 7 aromatic rings. The van der Waals surface area contributed by atoms with E-state index in [1.807, 2.05) is 45.3 Å². The van der Waals surface area contributed by atoms with Gasteiger partial charge in [0.2, 0.25) is 0 Å². The molecule has 0 saturated carbocycles. The number of hydrogen-bond acceptors (Lipinski definition) is 4. The van der Waals surface area contributed by atoms with E-state index in [0.29, 0.717) is 0 Å². The van der Waals surface area contributed by atoms with Crippen LogP contribution in [0.15, 0.2) is 48.5 Å². The van der Waals surface area contributed by atoms with E-state index < -0.39 is 0 Å². The van der Waals surface area contributed by atoms with Gasteiger partial charge in [0.15, 0.2) is 0 Å². The van der Waals surface area contributed by atoms with Gasteiger partial charge in [0.1, 0.15) is 0 Å². The molecule has 0 nitrogen and oxygen atoms in total. The van der Waals surface area contributed by atoms with Gasteiger partial charge in [0.25, 0.3) is 0 Å². The van der Waals surface area contributed by atoms with Crippen LogP contribution >= 0.6 is 90.5 Å². The van der Waals surface area contributed by atoms with Crippen molar-refractivity contribution in [2.24, 2.45) is 0 Å². The van der Waals surface area contributed by atoms with Crippen molar-refractivity contribution in [3.8, 4) is 0 Å². The van der Waals surface area contributed by atoms with Crippen molar-refractivity contribution >= 4 is 151 Å². The van der Waals surface area contributed by atoms with Gasteiger partial charge in [-0.05, 0) is 93.7 Å². The molecule has 28 heavy (non-hydrogen) atoms. The fourth-order valence-corrected chi connectivity index (χ4v) is 10.2. The Balaban J connectivity index is 1.86. The molecule has 0 aliphatic rings. The van der Waals surface area contributed by atoms with E-state index in [1.165, 1.54) is 66.3 Å². The van der Waals surface area contributed by atoms with E-state index in [-0.39, 0.29) is 0 Å². The Bertz CT molecular complexity index is 1610. The zero-order valence-corrected chi connectivity index (χ0v) is 21.6. The van der Waals surface area contributed by atoms with Gasteiger partial charge in [-0.2, -0.15) is 0 Å². The molecule has 0 aliphatic heterocycles. The van der Waals surface area contributed by atoms with Gasteiger partial charge in [-0.25, -0.2) is 0 Å². The van der Waals surface area contributed by atoms with E-state index in [0.717, 1.165) is 0 Å². The third-order valence-corrected chi connectivity index (χ3v) is 11.3. The maximum absolute atomic E-state index is 2.46. The van der Waals surface area contributed by atoms with Crippen LogP contribution in [0.4, 0.5) is 0 Å². The lowest BCUT2D eigenvalue weighted by Gasteiger charge is -2.00. The van der Waals surface area contributed by atoms with E-state index >= 15 is 0 Å². The van der Waals surface area contributed by atoms with E-state index in [2.05, 4.69) is 93.7 Å². The minimum absolute atomic E-state index is 1.36. The monoisotopic (exact) mass is 654 g/mol. The van der Waals surface area contributed by atoms with Gasteiger partial charge in [-0.15, -0.1) is 45.3 Å². The number of benzene rings is 3. The molecule has 0 N–H and O–H groups in total. The van der Waals surface area contributed by atoms with Crippen molar-refractivity contribution in [1.29, 1.82) is 0 Å². The van der Waals surface area contributed by atoms with Gasteiger partial charge in [-0.3, -0.25) is 0 Å². The third-order valence-electron chi connectivity index (χ3n) is 5.33. The summed E-state index contributed by atoms with van der Waals surface area (Å²) in [5.41, 5.74) is 0. The van der Waals surface area contributed by atoms with E-state index in [4.69, 9.17) is 0 Å². The highest BCUT2D eigenvalue weighted by Crippen LogP contribution is 2.49. The minimum atomic E-state index is 1.36. The molecule has 0 unspecified atom stereocenters. The van der Waals surface area contributed by atoms with Crippen LogP contribution in [0, 0.1) is 5.77 Å². The normalized spacial score (nSPS) is 12.6. The molecule has 0 fully saturated rings. The van der Waals surface area contributed by atoms with Crippen molar-refractivity contribution in [3.63, 3.8) is 0 Å². The molecule has 0 aliphatic carbocycles. The zero-order valence-electron chi connectivity index (χ0n) is 14.0. The molecule has 0 amide bonds. The van der Waals surface area contributed by atoms with Gasteiger partial charge < -0.3 is 0 Å². The molecule has 134 valence electrons. The molecule has 3 aromatic carbocycles. The summed E-state index contributed by atoms with van der Waals surface area (Å²) >= 11 is 12.6. The lowest BCUT2D eigenvalue weighted by Crippen LogP contribution is -1.73. The fourth-order valence-electron chi connectivity index (χ4n) is 4.28. The van der Waals surface area contributed by atoms with Crippen LogP contribution in [0.5, 0.6) is 0 Å². The fraction of sp³-hybridized carbons (Fsp3) is 0. The number of hydrogen-bond donors (Lipinski definition) is 0. The zero-order chi connectivity index (χ0) is 18.6. The molecule has 0 atom stereocenters. The molecule has 6 heteroatoms. The van der Waals surface area contributed by atoms with Crippen molar-refractivity contribution in [1.82, 2.24) is 0 Å². The van der Waals surface area contributed by atoms with Crippen LogP contribution in [-0.2, 0) is 0 Å². The quantitative estimate of drug-likeness (QED) is 0.143. The lowest BCUT2D eigenvalue weighted by atomic mass is 10.0. The standard InChI is InChI=1S/C22H8I2S4/c23-17-7-9-11(27-17)1-3-13-19(9)21-15(25-13)5-6-16-22(21)20-10-8-18(24)28-12(10)2-4-14(20)26-16/h1-8H. The van der Waals surface area contributed by atoms with Crippen LogP contribution in [0.3, 0.4) is 0 Å². The third kappa shape index (κ3) is 2.24. The predicted molar refractivity (Wildman–Crippen MR) is 148 cm³/mol. The molecule has 4 aromatic heterocycles. The molecular weight excluding hydrogens is 646 g/mol. The minimum Gasteiger partial charge on any atom is -0.135 e. The van der Waals surface area contributed by atoms with Gasteiger partial charge >= 0.3 is 0 Å². The Hall–Kier alpha value is -0.520. The summed E-state index contributed by atoms with van der Waals surface area (Å²) in [6.07, 6.45) is 0. The maximum Gasteiger partial charge on any atom is 0.0666 e. The second-order valence-corrected chi connectivity index (χ2v) is 14.9. The Morgan fingerprint density at radius 2 is 0.786 bits per heavy atom. The molecule has 0 bridgehead atoms. The molecular formula is C22H8I2S4. The first-order chi connectivity index (χ1) is 13.7. The van der Waals surface area contributed by atoms with Crippen LogP contribution in [0.2, 0.25) is 0 Å². The number of thiophene rings is 4. The second kappa shape index (κ2) is 6.01. The number of fused-ring (bicyclic) bond motifs is 11. The summed E-state index contributed by atoms with van der Waals surface area (Å²) < 4.78 is 11.1. The van der Waals surface area contributed by atoms with Crippen LogP contribution in [0.1, 0.15) is 0 Å². The highest BCUT2D eigenvalue weighted by molar-refractivity contribution is 14.1. The molecule has 0 radical (unpaired) electrons. The smallest absolute Gasteiger partial charge is 0.0666 e. The second-order valence-electron chi connectivity index (χ2n) is 6.82. The van der Waals surface area contributed by atoms with E-state index in [1.54, 1.807) is 0 Å². The van der Waals surface area contributed by atoms with Gasteiger partial charge in [0.05, 0.1) is 5.77 Å². The first-order valence-electron chi connectivity index (χ1n) is 8.65. The van der Waals surface area contributed by atoms with Crippen molar-refractivity contribution in [3.05, 3.63) is 54.3 Å². The summed E-state index contributed by atoms with van der Waals surface area (Å²) in [6.45, 7) is 0. The van der Waals surface area contributed by atoms with Gasteiger partial charge in [0, 0.05) is 60.5 Å². The van der Waals surface area contributed by atoms with Crippen molar-refractivity contribution in [2.75, 3.05) is 0 Å². The highest BCUT2D eigenvalue weighted by Gasteiger charge is 2.18. The first-order valence-corrected chi connectivity index (χ1v) is 14.1. The summed E-state index contributed by atoms with van der Waals surface area (Å²) in [5, 5.41) is 8.64. The topological polar surface area (TPSA) is 0 Å². The average Bonchev–Trinajstić information content (AvgIpc) is 3.39. The summed E-state index contributed by atoms with van der Waals surface area (Å²) in [6, 6.07) is 18.6. The Kier molecular flexibility index (Phi) is 3.69. The molecule has 4 heterocycles. The van der Waals surface area contributed by atoms with Crippen molar-refractivity contribution < 1.29 is 0 Å². The maximum atomic E-state index is 2.46. The van der Waals surface area contributed by atoms with Crippen molar-refractivity contribution in [2.45, 2.75) is 0 Å². The van der Waals surface area contributed by atoms with Crippen LogP contribution in [-0.4, -0.2) is 0 Å². The predicted octanol–water partition coefficient (Wildman–Crippen LogP) is 10.1. The SMILES string of the molecule is Ic1cc2c(ccc3sc4ccc5sc6ccc7sc(I)cc7c6c5c4c32)s1. The highest BCUT2D eigenvalue weighted by atomic mass is 127. The summed E-state index contributed by atoms with van der Waals surface area (Å²) in [7, 11) is 0. The van der Waals surface area contributed by atoms with Crippen LogP contribution < -0.4 is 0 Å². The molecule has 7 rings (SSSR count). The first kappa shape index (κ1) is 17.2. The Labute approximate surface area is 203 Å². The summed E-state index contributed by atoms with van der Waals surface area (Å²) in [5.74, 6) is 0. The van der Waals surface area contributed by atoms with Crippen LogP contribution in [0.25, 0.3) is 60.5 Å². The Morgan fingerprint density at radius 1 is 0.429 bits per heavy atom. The van der Waals surface area contributed by atoms with Gasteiger partial charge in [-0.1, -0.05) is 0 Å². The largest absolute Gasteiger partial charge is 0.135 e.